The van der Waals surface area contributed by atoms with Gasteiger partial charge in [0.1, 0.15) is 5.56 Å². The van der Waals surface area contributed by atoms with Gasteiger partial charge in [0.25, 0.3) is 5.91 Å². The van der Waals surface area contributed by atoms with E-state index in [-0.39, 0.29) is 0 Å². The molecule has 0 fully saturated rings. The van der Waals surface area contributed by atoms with Crippen LogP contribution in [0.5, 0.6) is 5.88 Å². The molecule has 4 heteroatoms. The summed E-state index contributed by atoms with van der Waals surface area (Å²) in [5.41, 5.74) is 8.28. The molecule has 1 amide bonds. The lowest BCUT2D eigenvalue weighted by Gasteiger charge is -2.12. The third kappa shape index (κ3) is 1.55. The minimum atomic E-state index is -0.505. The van der Waals surface area contributed by atoms with E-state index in [2.05, 4.69) is 4.98 Å². The van der Waals surface area contributed by atoms with Crippen molar-refractivity contribution in [1.82, 2.24) is 4.98 Å². The van der Waals surface area contributed by atoms with Gasteiger partial charge in [0.15, 0.2) is 0 Å². The molecule has 1 rings (SSSR count). The Morgan fingerprint density at radius 2 is 1.86 bits per heavy atom. The van der Waals surface area contributed by atoms with E-state index in [0.29, 0.717) is 11.4 Å². The molecule has 0 saturated carbocycles. The Hall–Kier alpha value is -1.58. The summed E-state index contributed by atoms with van der Waals surface area (Å²) < 4.78 is 5.01. The van der Waals surface area contributed by atoms with Crippen molar-refractivity contribution in [2.24, 2.45) is 5.73 Å². The molecular weight excluding hydrogens is 180 g/mol. The minimum Gasteiger partial charge on any atom is -0.480 e. The van der Waals surface area contributed by atoms with E-state index in [9.17, 15) is 4.79 Å². The van der Waals surface area contributed by atoms with Gasteiger partial charge in [-0.15, -0.1) is 0 Å². The molecule has 2 N–H and O–H groups in total. The summed E-state index contributed by atoms with van der Waals surface area (Å²) in [5.74, 6) is -0.201. The second-order valence-corrected chi connectivity index (χ2v) is 3.20. The van der Waals surface area contributed by atoms with E-state index >= 15 is 0 Å². The predicted molar refractivity (Wildman–Crippen MR) is 53.5 cm³/mol. The lowest BCUT2D eigenvalue weighted by atomic mass is 10.0. The highest BCUT2D eigenvalue weighted by Gasteiger charge is 2.16. The van der Waals surface area contributed by atoms with Crippen LogP contribution in [0.25, 0.3) is 0 Å². The molecule has 0 unspecified atom stereocenters. The van der Waals surface area contributed by atoms with Crippen LogP contribution in [-0.4, -0.2) is 18.0 Å². The molecule has 0 aliphatic carbocycles. The average molecular weight is 194 g/mol. The number of pyridine rings is 1. The van der Waals surface area contributed by atoms with Crippen LogP contribution < -0.4 is 10.5 Å². The van der Waals surface area contributed by atoms with Crippen LogP contribution in [0.1, 0.15) is 27.2 Å². The molecule has 1 aromatic rings. The highest BCUT2D eigenvalue weighted by molar-refractivity contribution is 5.96. The van der Waals surface area contributed by atoms with Crippen molar-refractivity contribution in [3.63, 3.8) is 0 Å². The summed E-state index contributed by atoms with van der Waals surface area (Å²) in [6.45, 7) is 5.62. The number of nitrogens with two attached hydrogens (primary N) is 1. The number of methoxy groups -OCH3 is 1. The first-order valence-electron chi connectivity index (χ1n) is 4.30. The lowest BCUT2D eigenvalue weighted by Crippen LogP contribution is -2.16. The zero-order valence-corrected chi connectivity index (χ0v) is 8.84. The smallest absolute Gasteiger partial charge is 0.254 e. The molecule has 4 nitrogen and oxygen atoms in total. The predicted octanol–water partition coefficient (Wildman–Crippen LogP) is 1.11. The molecule has 0 radical (unpaired) electrons. The van der Waals surface area contributed by atoms with Gasteiger partial charge in [-0.25, -0.2) is 4.98 Å². The number of carbonyl (C=O) groups is 1. The molecule has 0 saturated heterocycles. The van der Waals surface area contributed by atoms with Gasteiger partial charge in [0.2, 0.25) is 5.88 Å². The number of hydrogen-bond acceptors (Lipinski definition) is 3. The lowest BCUT2D eigenvalue weighted by molar-refractivity contribution is 0.0996. The molecular formula is C10H14N2O2. The first-order valence-corrected chi connectivity index (χ1v) is 4.30. The van der Waals surface area contributed by atoms with Gasteiger partial charge in [-0.2, -0.15) is 0 Å². The van der Waals surface area contributed by atoms with E-state index in [1.165, 1.54) is 7.11 Å². The Labute approximate surface area is 83.1 Å². The minimum absolute atomic E-state index is 0.304. The maximum absolute atomic E-state index is 11.2. The Morgan fingerprint density at radius 1 is 1.29 bits per heavy atom. The van der Waals surface area contributed by atoms with Gasteiger partial charge in [0, 0.05) is 5.69 Å². The van der Waals surface area contributed by atoms with Crippen LogP contribution in [0.4, 0.5) is 0 Å². The molecule has 0 bridgehead atoms. The van der Waals surface area contributed by atoms with Crippen molar-refractivity contribution >= 4 is 5.91 Å². The second-order valence-electron chi connectivity index (χ2n) is 3.20. The van der Waals surface area contributed by atoms with Crippen LogP contribution in [-0.2, 0) is 0 Å². The van der Waals surface area contributed by atoms with Crippen molar-refractivity contribution in [2.75, 3.05) is 7.11 Å². The number of rotatable bonds is 2. The first-order chi connectivity index (χ1) is 6.49. The fourth-order valence-corrected chi connectivity index (χ4v) is 1.35. The third-order valence-corrected chi connectivity index (χ3v) is 2.40. The Bertz CT molecular complexity index is 386. The Balaban J connectivity index is 3.53. The Morgan fingerprint density at radius 3 is 2.29 bits per heavy atom. The zero-order valence-electron chi connectivity index (χ0n) is 8.84. The maximum atomic E-state index is 11.2. The topological polar surface area (TPSA) is 65.2 Å². The molecule has 0 aliphatic rings. The van der Waals surface area contributed by atoms with Gasteiger partial charge in [-0.05, 0) is 31.9 Å². The first kappa shape index (κ1) is 10.5. The van der Waals surface area contributed by atoms with Gasteiger partial charge >= 0.3 is 0 Å². The quantitative estimate of drug-likeness (QED) is 0.767. The zero-order chi connectivity index (χ0) is 10.9. The maximum Gasteiger partial charge on any atom is 0.254 e. The van der Waals surface area contributed by atoms with Gasteiger partial charge in [-0.1, -0.05) is 0 Å². The fourth-order valence-electron chi connectivity index (χ4n) is 1.35. The van der Waals surface area contributed by atoms with E-state index in [1.807, 2.05) is 20.8 Å². The third-order valence-electron chi connectivity index (χ3n) is 2.40. The number of ether oxygens (including phenoxy) is 1. The van der Waals surface area contributed by atoms with Crippen molar-refractivity contribution < 1.29 is 9.53 Å². The molecule has 1 heterocycles. The molecule has 1 aromatic heterocycles. The molecule has 0 atom stereocenters. The SMILES string of the molecule is COc1nc(C)c(C)c(C)c1C(N)=O. The highest BCUT2D eigenvalue weighted by atomic mass is 16.5. The van der Waals surface area contributed by atoms with Crippen molar-refractivity contribution in [2.45, 2.75) is 20.8 Å². The summed E-state index contributed by atoms with van der Waals surface area (Å²) >= 11 is 0. The summed E-state index contributed by atoms with van der Waals surface area (Å²) in [4.78, 5) is 15.3. The monoisotopic (exact) mass is 194 g/mol. The van der Waals surface area contributed by atoms with E-state index in [1.54, 1.807) is 0 Å². The van der Waals surface area contributed by atoms with Crippen molar-refractivity contribution in [3.8, 4) is 5.88 Å². The number of aromatic nitrogens is 1. The van der Waals surface area contributed by atoms with E-state index in [4.69, 9.17) is 10.5 Å². The molecule has 14 heavy (non-hydrogen) atoms. The van der Waals surface area contributed by atoms with E-state index < -0.39 is 5.91 Å². The standard InChI is InChI=1S/C10H14N2O2/c1-5-6(2)8(9(11)13)10(14-4)12-7(5)3/h1-4H3,(H2,11,13). The van der Waals surface area contributed by atoms with Gasteiger partial charge < -0.3 is 10.5 Å². The van der Waals surface area contributed by atoms with E-state index in [0.717, 1.165) is 16.8 Å². The largest absolute Gasteiger partial charge is 0.480 e. The average Bonchev–Trinajstić information content (AvgIpc) is 2.12. The normalized spacial score (nSPS) is 10.0. The molecule has 0 aliphatic heterocycles. The summed E-state index contributed by atoms with van der Waals surface area (Å²) in [7, 11) is 1.48. The molecule has 0 aromatic carbocycles. The van der Waals surface area contributed by atoms with Crippen LogP contribution >= 0.6 is 0 Å². The highest BCUT2D eigenvalue weighted by Crippen LogP contribution is 2.23. The number of carbonyl (C=O) groups excluding carboxylic acids is 1. The Kier molecular flexibility index (Phi) is 2.74. The van der Waals surface area contributed by atoms with Crippen LogP contribution in [0, 0.1) is 20.8 Å². The van der Waals surface area contributed by atoms with Crippen molar-refractivity contribution in [1.29, 1.82) is 0 Å². The number of primary amides is 1. The number of aryl methyl sites for hydroxylation is 1. The van der Waals surface area contributed by atoms with Gasteiger partial charge in [0.05, 0.1) is 7.11 Å². The summed E-state index contributed by atoms with van der Waals surface area (Å²) in [6.07, 6.45) is 0. The number of amides is 1. The van der Waals surface area contributed by atoms with Crippen LogP contribution in [0.15, 0.2) is 0 Å². The molecule has 76 valence electrons. The summed E-state index contributed by atoms with van der Waals surface area (Å²) in [5, 5.41) is 0. The van der Waals surface area contributed by atoms with Crippen molar-refractivity contribution in [3.05, 3.63) is 22.4 Å². The summed E-state index contributed by atoms with van der Waals surface area (Å²) in [6, 6.07) is 0. The van der Waals surface area contributed by atoms with Crippen LogP contribution in [0.3, 0.4) is 0 Å². The number of hydrogen-bond donors (Lipinski definition) is 1. The fraction of sp³-hybridized carbons (Fsp3) is 0.400. The second kappa shape index (κ2) is 3.65. The van der Waals surface area contributed by atoms with Crippen LogP contribution in [0.2, 0.25) is 0 Å². The number of nitrogens with zero attached hydrogens (tertiary/aromatic N) is 1. The molecule has 0 spiro atoms. The van der Waals surface area contributed by atoms with Gasteiger partial charge in [-0.3, -0.25) is 4.79 Å².